The number of aromatic nitrogens is 1. The van der Waals surface area contributed by atoms with E-state index < -0.39 is 0 Å². The molecule has 4 rings (SSSR count). The lowest BCUT2D eigenvalue weighted by atomic mass is 10.1. The second kappa shape index (κ2) is 5.50. The second-order valence-corrected chi connectivity index (χ2v) is 5.91. The van der Waals surface area contributed by atoms with Gasteiger partial charge in [0.2, 0.25) is 0 Å². The lowest BCUT2D eigenvalue weighted by Gasteiger charge is -2.05. The first-order chi connectivity index (χ1) is 10.8. The predicted molar refractivity (Wildman–Crippen MR) is 91.9 cm³/mol. The van der Waals surface area contributed by atoms with E-state index in [9.17, 15) is 0 Å². The molecule has 1 N–H and O–H groups in total. The van der Waals surface area contributed by atoms with Crippen LogP contribution >= 0.6 is 11.6 Å². The third kappa shape index (κ3) is 2.38. The molecule has 110 valence electrons. The Hall–Kier alpha value is -2.26. The van der Waals surface area contributed by atoms with Gasteiger partial charge < -0.3 is 9.88 Å². The van der Waals surface area contributed by atoms with Gasteiger partial charge in [-0.05, 0) is 23.8 Å². The molecule has 3 aromatic rings. The summed E-state index contributed by atoms with van der Waals surface area (Å²) in [6.07, 6.45) is 2.18. The van der Waals surface area contributed by atoms with Crippen LogP contribution < -0.4 is 5.32 Å². The molecule has 0 amide bonds. The van der Waals surface area contributed by atoms with Crippen LogP contribution in [0.1, 0.15) is 11.1 Å². The average Bonchev–Trinajstić information content (AvgIpc) is 3.16. The number of nitrogens with one attached hydrogen (secondary N) is 1. The zero-order valence-corrected chi connectivity index (χ0v) is 12.8. The monoisotopic (exact) mass is 309 g/mol. The van der Waals surface area contributed by atoms with Crippen LogP contribution in [-0.4, -0.2) is 23.5 Å². The first-order valence-corrected chi connectivity index (χ1v) is 7.80. The molecule has 2 aromatic carbocycles. The molecular formula is C18H16ClN3. The van der Waals surface area contributed by atoms with E-state index in [0.29, 0.717) is 0 Å². The third-order valence-corrected chi connectivity index (χ3v) is 4.19. The number of hydrogen-bond acceptors (Lipinski definition) is 2. The maximum Gasteiger partial charge on any atom is 0.130 e. The third-order valence-electron chi connectivity index (χ3n) is 3.96. The average molecular weight is 310 g/mol. The van der Waals surface area contributed by atoms with E-state index >= 15 is 0 Å². The number of hydrogen-bond donors (Lipinski definition) is 1. The summed E-state index contributed by atoms with van der Waals surface area (Å²) in [4.78, 5) is 4.56. The standard InChI is InChI=1S/C18H16ClN3/c19-14-5-3-4-13(10-14)11-22-12-16(18-20-8-9-21-18)15-6-1-2-7-17(15)22/h1-7,10,12H,8-9,11H2,(H,20,21). The number of para-hydroxylation sites is 1. The Labute approximate surface area is 134 Å². The topological polar surface area (TPSA) is 29.3 Å². The molecule has 2 heterocycles. The van der Waals surface area contributed by atoms with Crippen molar-refractivity contribution in [3.05, 3.63) is 70.9 Å². The first-order valence-electron chi connectivity index (χ1n) is 7.42. The van der Waals surface area contributed by atoms with Gasteiger partial charge in [0.1, 0.15) is 5.84 Å². The highest BCUT2D eigenvalue weighted by Gasteiger charge is 2.15. The van der Waals surface area contributed by atoms with Crippen LogP contribution in [0.25, 0.3) is 10.9 Å². The van der Waals surface area contributed by atoms with Gasteiger partial charge in [0.15, 0.2) is 0 Å². The summed E-state index contributed by atoms with van der Waals surface area (Å²) in [5.41, 5.74) is 3.59. The summed E-state index contributed by atoms with van der Waals surface area (Å²) < 4.78 is 2.26. The number of fused-ring (bicyclic) bond motifs is 1. The minimum atomic E-state index is 0.774. The predicted octanol–water partition coefficient (Wildman–Crippen LogP) is 3.69. The van der Waals surface area contributed by atoms with Crippen LogP contribution in [0.15, 0.2) is 59.7 Å². The molecule has 1 aliphatic heterocycles. The van der Waals surface area contributed by atoms with Crippen molar-refractivity contribution < 1.29 is 0 Å². The van der Waals surface area contributed by atoms with Crippen molar-refractivity contribution >= 4 is 28.3 Å². The van der Waals surface area contributed by atoms with Crippen LogP contribution in [0.4, 0.5) is 0 Å². The maximum atomic E-state index is 6.10. The van der Waals surface area contributed by atoms with Crippen LogP contribution in [0.5, 0.6) is 0 Å². The van der Waals surface area contributed by atoms with Gasteiger partial charge in [-0.1, -0.05) is 41.9 Å². The molecule has 0 fully saturated rings. The molecular weight excluding hydrogens is 294 g/mol. The molecule has 1 aromatic heterocycles. The van der Waals surface area contributed by atoms with E-state index in [4.69, 9.17) is 11.6 Å². The Morgan fingerprint density at radius 3 is 2.86 bits per heavy atom. The lowest BCUT2D eigenvalue weighted by Crippen LogP contribution is -2.19. The summed E-state index contributed by atoms with van der Waals surface area (Å²) in [7, 11) is 0. The molecule has 0 saturated heterocycles. The van der Waals surface area contributed by atoms with E-state index in [1.165, 1.54) is 22.0 Å². The van der Waals surface area contributed by atoms with Crippen molar-refractivity contribution in [2.45, 2.75) is 6.54 Å². The van der Waals surface area contributed by atoms with Gasteiger partial charge in [-0.3, -0.25) is 4.99 Å². The minimum absolute atomic E-state index is 0.774. The highest BCUT2D eigenvalue weighted by atomic mass is 35.5. The largest absolute Gasteiger partial charge is 0.368 e. The van der Waals surface area contributed by atoms with E-state index in [1.54, 1.807) is 0 Å². The molecule has 22 heavy (non-hydrogen) atoms. The van der Waals surface area contributed by atoms with Crippen LogP contribution in [0, 0.1) is 0 Å². The maximum absolute atomic E-state index is 6.10. The Kier molecular flexibility index (Phi) is 3.35. The van der Waals surface area contributed by atoms with E-state index in [2.05, 4.69) is 51.4 Å². The summed E-state index contributed by atoms with van der Waals surface area (Å²) in [5.74, 6) is 1.00. The Morgan fingerprint density at radius 2 is 2.05 bits per heavy atom. The number of nitrogens with zero attached hydrogens (tertiary/aromatic N) is 2. The van der Waals surface area contributed by atoms with Crippen LogP contribution in [0.2, 0.25) is 5.02 Å². The number of amidine groups is 1. The number of aliphatic imine (C=N–C) groups is 1. The van der Waals surface area contributed by atoms with Gasteiger partial charge >= 0.3 is 0 Å². The number of rotatable bonds is 3. The second-order valence-electron chi connectivity index (χ2n) is 5.47. The Bertz CT molecular complexity index is 864. The van der Waals surface area contributed by atoms with Gasteiger partial charge in [-0.15, -0.1) is 0 Å². The highest BCUT2D eigenvalue weighted by molar-refractivity contribution is 6.30. The molecule has 0 saturated carbocycles. The first kappa shape index (κ1) is 13.4. The summed E-state index contributed by atoms with van der Waals surface area (Å²) >= 11 is 6.10. The molecule has 0 aliphatic carbocycles. The molecule has 0 radical (unpaired) electrons. The van der Waals surface area contributed by atoms with E-state index in [0.717, 1.165) is 30.5 Å². The Morgan fingerprint density at radius 1 is 1.14 bits per heavy atom. The van der Waals surface area contributed by atoms with Crippen molar-refractivity contribution in [1.29, 1.82) is 0 Å². The smallest absolute Gasteiger partial charge is 0.130 e. The molecule has 0 unspecified atom stereocenters. The van der Waals surface area contributed by atoms with Crippen molar-refractivity contribution in [2.75, 3.05) is 13.1 Å². The van der Waals surface area contributed by atoms with Crippen molar-refractivity contribution in [1.82, 2.24) is 9.88 Å². The minimum Gasteiger partial charge on any atom is -0.368 e. The van der Waals surface area contributed by atoms with Crippen LogP contribution in [-0.2, 0) is 6.54 Å². The van der Waals surface area contributed by atoms with E-state index in [1.807, 2.05) is 18.2 Å². The van der Waals surface area contributed by atoms with Crippen molar-refractivity contribution in [2.24, 2.45) is 4.99 Å². The van der Waals surface area contributed by atoms with Gasteiger partial charge in [-0.25, -0.2) is 0 Å². The summed E-state index contributed by atoms with van der Waals surface area (Å²) in [5, 5.41) is 5.37. The quantitative estimate of drug-likeness (QED) is 0.785. The van der Waals surface area contributed by atoms with Crippen molar-refractivity contribution in [3.8, 4) is 0 Å². The summed E-state index contributed by atoms with van der Waals surface area (Å²) in [6.45, 7) is 2.57. The molecule has 1 aliphatic rings. The fraction of sp³-hybridized carbons (Fsp3) is 0.167. The van der Waals surface area contributed by atoms with Gasteiger partial charge in [0.25, 0.3) is 0 Å². The fourth-order valence-corrected chi connectivity index (χ4v) is 3.19. The number of benzene rings is 2. The zero-order chi connectivity index (χ0) is 14.9. The lowest BCUT2D eigenvalue weighted by molar-refractivity contribution is 0.836. The highest BCUT2D eigenvalue weighted by Crippen LogP contribution is 2.24. The fourth-order valence-electron chi connectivity index (χ4n) is 2.98. The molecule has 3 nitrogen and oxygen atoms in total. The number of halogens is 1. The molecule has 0 bridgehead atoms. The summed E-state index contributed by atoms with van der Waals surface area (Å²) in [6, 6.07) is 16.5. The van der Waals surface area contributed by atoms with E-state index in [-0.39, 0.29) is 0 Å². The Balaban J connectivity index is 1.81. The van der Waals surface area contributed by atoms with Gasteiger partial charge in [0.05, 0.1) is 6.54 Å². The normalized spacial score (nSPS) is 14.1. The molecule has 0 atom stereocenters. The van der Waals surface area contributed by atoms with Gasteiger partial charge in [0, 0.05) is 40.8 Å². The molecule has 0 spiro atoms. The van der Waals surface area contributed by atoms with Crippen molar-refractivity contribution in [3.63, 3.8) is 0 Å². The molecule has 4 heteroatoms. The SMILES string of the molecule is Clc1cccc(Cn2cc(C3=NCCN3)c3ccccc32)c1. The van der Waals surface area contributed by atoms with Crippen LogP contribution in [0.3, 0.4) is 0 Å². The van der Waals surface area contributed by atoms with Gasteiger partial charge in [-0.2, -0.15) is 0 Å². The zero-order valence-electron chi connectivity index (χ0n) is 12.1.